The zero-order valence-corrected chi connectivity index (χ0v) is 17.4. The van der Waals surface area contributed by atoms with Crippen molar-refractivity contribution in [3.05, 3.63) is 68.4 Å². The van der Waals surface area contributed by atoms with Gasteiger partial charge in [0, 0.05) is 28.0 Å². The van der Waals surface area contributed by atoms with Crippen LogP contribution >= 0.6 is 31.9 Å². The molecule has 0 bridgehead atoms. The van der Waals surface area contributed by atoms with Gasteiger partial charge < -0.3 is 10.6 Å². The van der Waals surface area contributed by atoms with Crippen LogP contribution in [0.4, 0.5) is 4.39 Å². The van der Waals surface area contributed by atoms with Crippen molar-refractivity contribution in [1.29, 1.82) is 0 Å². The first kappa shape index (κ1) is 20.6. The molecule has 4 nitrogen and oxygen atoms in total. The molecule has 2 aromatic rings. The number of carbonyl (C=O) groups excluding carboxylic acids is 2. The standard InChI is InChI=1S/C19H19Br2FN2O2/c1-12(10-13-2-4-14(20)5-3-13)24-18(25)8-9-23-19(26)16-11-15(22)6-7-17(16)21/h2-7,11-12H,8-10H2,1H3,(H,23,26)(H,24,25). The van der Waals surface area contributed by atoms with Gasteiger partial charge in [-0.1, -0.05) is 28.1 Å². The highest BCUT2D eigenvalue weighted by molar-refractivity contribution is 9.10. The number of carbonyl (C=O) groups is 2. The predicted molar refractivity (Wildman–Crippen MR) is 107 cm³/mol. The number of halogens is 3. The summed E-state index contributed by atoms with van der Waals surface area (Å²) < 4.78 is 14.8. The summed E-state index contributed by atoms with van der Waals surface area (Å²) in [4.78, 5) is 24.0. The number of hydrogen-bond acceptors (Lipinski definition) is 2. The third-order valence-corrected chi connectivity index (χ3v) is 4.89. The van der Waals surface area contributed by atoms with Crippen LogP contribution in [-0.4, -0.2) is 24.4 Å². The number of nitrogens with one attached hydrogen (secondary N) is 2. The van der Waals surface area contributed by atoms with Crippen LogP contribution < -0.4 is 10.6 Å². The molecule has 0 radical (unpaired) electrons. The number of rotatable bonds is 7. The van der Waals surface area contributed by atoms with Crippen LogP contribution in [0.15, 0.2) is 51.4 Å². The van der Waals surface area contributed by atoms with Crippen molar-refractivity contribution >= 4 is 43.7 Å². The first-order valence-electron chi connectivity index (χ1n) is 8.12. The summed E-state index contributed by atoms with van der Waals surface area (Å²) in [6.45, 7) is 2.11. The third kappa shape index (κ3) is 6.53. The molecule has 2 N–H and O–H groups in total. The quantitative estimate of drug-likeness (QED) is 0.616. The summed E-state index contributed by atoms with van der Waals surface area (Å²) in [7, 11) is 0. The molecule has 1 atom stereocenters. The van der Waals surface area contributed by atoms with Gasteiger partial charge in [-0.15, -0.1) is 0 Å². The Kier molecular flexibility index (Phi) is 7.78. The van der Waals surface area contributed by atoms with Crippen molar-refractivity contribution in [2.45, 2.75) is 25.8 Å². The van der Waals surface area contributed by atoms with E-state index in [0.29, 0.717) is 4.47 Å². The first-order chi connectivity index (χ1) is 12.3. The van der Waals surface area contributed by atoms with Crippen molar-refractivity contribution < 1.29 is 14.0 Å². The Morgan fingerprint density at radius 3 is 2.50 bits per heavy atom. The first-order valence-corrected chi connectivity index (χ1v) is 9.71. The van der Waals surface area contributed by atoms with Gasteiger partial charge >= 0.3 is 0 Å². The van der Waals surface area contributed by atoms with Crippen molar-refractivity contribution in [2.24, 2.45) is 0 Å². The lowest BCUT2D eigenvalue weighted by atomic mass is 10.1. The second-order valence-electron chi connectivity index (χ2n) is 5.93. The Balaban J connectivity index is 1.75. The Morgan fingerprint density at radius 1 is 1.12 bits per heavy atom. The highest BCUT2D eigenvalue weighted by Crippen LogP contribution is 2.17. The van der Waals surface area contributed by atoms with Gasteiger partial charge in [-0.2, -0.15) is 0 Å². The van der Waals surface area contributed by atoms with Crippen LogP contribution in [0.1, 0.15) is 29.3 Å². The minimum Gasteiger partial charge on any atom is -0.353 e. The molecule has 0 saturated heterocycles. The van der Waals surface area contributed by atoms with Gasteiger partial charge in [0.05, 0.1) is 5.56 Å². The molecule has 0 aliphatic carbocycles. The van der Waals surface area contributed by atoms with Crippen LogP contribution in [0, 0.1) is 5.82 Å². The molecule has 0 saturated carbocycles. The maximum Gasteiger partial charge on any atom is 0.252 e. The van der Waals surface area contributed by atoms with Crippen LogP contribution in [-0.2, 0) is 11.2 Å². The van der Waals surface area contributed by atoms with Crippen molar-refractivity contribution in [2.75, 3.05) is 6.54 Å². The zero-order valence-electron chi connectivity index (χ0n) is 14.2. The molecule has 0 aromatic heterocycles. The van der Waals surface area contributed by atoms with E-state index >= 15 is 0 Å². The number of amides is 2. The van der Waals surface area contributed by atoms with E-state index in [1.54, 1.807) is 0 Å². The number of hydrogen-bond donors (Lipinski definition) is 2. The van der Waals surface area contributed by atoms with Crippen molar-refractivity contribution in [1.82, 2.24) is 10.6 Å². The molecule has 2 aromatic carbocycles. The van der Waals surface area contributed by atoms with Crippen LogP contribution in [0.3, 0.4) is 0 Å². The van der Waals surface area contributed by atoms with Gasteiger partial charge in [0.15, 0.2) is 0 Å². The van der Waals surface area contributed by atoms with Gasteiger partial charge in [0.1, 0.15) is 5.82 Å². The fourth-order valence-electron chi connectivity index (χ4n) is 2.43. The highest BCUT2D eigenvalue weighted by atomic mass is 79.9. The molecule has 0 spiro atoms. The van der Waals surface area contributed by atoms with E-state index in [2.05, 4.69) is 42.5 Å². The summed E-state index contributed by atoms with van der Waals surface area (Å²) in [6.07, 6.45) is 0.880. The largest absolute Gasteiger partial charge is 0.353 e. The van der Waals surface area contributed by atoms with E-state index in [-0.39, 0.29) is 30.5 Å². The normalized spacial score (nSPS) is 11.7. The van der Waals surface area contributed by atoms with E-state index in [9.17, 15) is 14.0 Å². The topological polar surface area (TPSA) is 58.2 Å². The Bertz CT molecular complexity index is 782. The molecule has 1 unspecified atom stereocenters. The Labute approximate surface area is 168 Å². The average Bonchev–Trinajstić information content (AvgIpc) is 2.58. The van der Waals surface area contributed by atoms with Gasteiger partial charge in [0.2, 0.25) is 5.91 Å². The van der Waals surface area contributed by atoms with Crippen LogP contribution in [0.25, 0.3) is 0 Å². The summed E-state index contributed by atoms with van der Waals surface area (Å²) in [6, 6.07) is 11.8. The lowest BCUT2D eigenvalue weighted by molar-refractivity contribution is -0.121. The van der Waals surface area contributed by atoms with E-state index in [4.69, 9.17) is 0 Å². The summed E-state index contributed by atoms with van der Waals surface area (Å²) in [5.41, 5.74) is 1.33. The molecule has 0 aliphatic rings. The molecule has 26 heavy (non-hydrogen) atoms. The average molecular weight is 486 g/mol. The van der Waals surface area contributed by atoms with Gasteiger partial charge in [-0.25, -0.2) is 4.39 Å². The second kappa shape index (κ2) is 9.83. The van der Waals surface area contributed by atoms with E-state index in [1.165, 1.54) is 12.1 Å². The van der Waals surface area contributed by atoms with E-state index in [0.717, 1.165) is 22.5 Å². The maximum atomic E-state index is 13.2. The van der Waals surface area contributed by atoms with Crippen LogP contribution in [0.5, 0.6) is 0 Å². The lowest BCUT2D eigenvalue weighted by Gasteiger charge is -2.14. The predicted octanol–water partition coefficient (Wildman–Crippen LogP) is 4.22. The Hall–Kier alpha value is -1.73. The van der Waals surface area contributed by atoms with Crippen molar-refractivity contribution in [3.8, 4) is 0 Å². The molecule has 0 fully saturated rings. The zero-order chi connectivity index (χ0) is 19.1. The fourth-order valence-corrected chi connectivity index (χ4v) is 3.12. The molecular formula is C19H19Br2FN2O2. The molecule has 7 heteroatoms. The molecule has 2 amide bonds. The third-order valence-electron chi connectivity index (χ3n) is 3.67. The molecule has 0 aliphatic heterocycles. The summed E-state index contributed by atoms with van der Waals surface area (Å²) in [5, 5.41) is 5.53. The lowest BCUT2D eigenvalue weighted by Crippen LogP contribution is -2.36. The van der Waals surface area contributed by atoms with Gasteiger partial charge in [-0.05, 0) is 65.2 Å². The van der Waals surface area contributed by atoms with E-state index < -0.39 is 11.7 Å². The van der Waals surface area contributed by atoms with Crippen molar-refractivity contribution in [3.63, 3.8) is 0 Å². The minimum atomic E-state index is -0.488. The van der Waals surface area contributed by atoms with Crippen LogP contribution in [0.2, 0.25) is 0 Å². The SMILES string of the molecule is CC(Cc1ccc(Br)cc1)NC(=O)CCNC(=O)c1cc(F)ccc1Br. The Morgan fingerprint density at radius 2 is 1.81 bits per heavy atom. The highest BCUT2D eigenvalue weighted by Gasteiger charge is 2.12. The molecular weight excluding hydrogens is 467 g/mol. The minimum absolute atomic E-state index is 0.0169. The smallest absolute Gasteiger partial charge is 0.252 e. The monoisotopic (exact) mass is 484 g/mol. The second-order valence-corrected chi connectivity index (χ2v) is 7.70. The summed E-state index contributed by atoms with van der Waals surface area (Å²) in [5.74, 6) is -1.06. The molecule has 0 heterocycles. The fraction of sp³-hybridized carbons (Fsp3) is 0.263. The van der Waals surface area contributed by atoms with E-state index in [1.807, 2.05) is 31.2 Å². The van der Waals surface area contributed by atoms with Gasteiger partial charge in [-0.3, -0.25) is 9.59 Å². The summed E-state index contributed by atoms with van der Waals surface area (Å²) >= 11 is 6.60. The van der Waals surface area contributed by atoms with Gasteiger partial charge in [0.25, 0.3) is 5.91 Å². The maximum absolute atomic E-state index is 13.2. The number of benzene rings is 2. The molecule has 2 rings (SSSR count). The molecule has 138 valence electrons.